The van der Waals surface area contributed by atoms with Crippen molar-refractivity contribution in [2.24, 2.45) is 0 Å². The summed E-state index contributed by atoms with van der Waals surface area (Å²) in [6.45, 7) is -1.95. The Morgan fingerprint density at radius 1 is 1.14 bits per heavy atom. The van der Waals surface area contributed by atoms with E-state index >= 15 is 0 Å². The molecule has 0 aliphatic carbocycles. The van der Waals surface area contributed by atoms with E-state index in [0.717, 1.165) is 11.3 Å². The van der Waals surface area contributed by atoms with E-state index in [4.69, 9.17) is 23.2 Å². The van der Waals surface area contributed by atoms with Gasteiger partial charge in [-0.3, -0.25) is 14.4 Å². The highest BCUT2D eigenvalue weighted by molar-refractivity contribution is 7.89. The Labute approximate surface area is 253 Å². The van der Waals surface area contributed by atoms with E-state index in [0.29, 0.717) is 29.4 Å². The van der Waals surface area contributed by atoms with Crippen LogP contribution in [0.1, 0.15) is 28.1 Å². The largest absolute Gasteiger partial charge is 0.509 e. The highest BCUT2D eigenvalue weighted by atomic mass is 35.5. The van der Waals surface area contributed by atoms with Gasteiger partial charge < -0.3 is 24.4 Å². The molecule has 0 radical (unpaired) electrons. The average molecular weight is 673 g/mol. The lowest BCUT2D eigenvalue weighted by Crippen LogP contribution is -2.50. The predicted molar refractivity (Wildman–Crippen MR) is 148 cm³/mol. The fourth-order valence-electron chi connectivity index (χ4n) is 3.80. The number of anilines is 1. The van der Waals surface area contributed by atoms with Gasteiger partial charge in [-0.25, -0.2) is 13.2 Å². The van der Waals surface area contributed by atoms with Crippen LogP contribution in [-0.2, 0) is 33.8 Å². The Morgan fingerprint density at radius 3 is 2.48 bits per heavy atom. The van der Waals surface area contributed by atoms with Crippen molar-refractivity contribution in [3.8, 4) is 0 Å². The van der Waals surface area contributed by atoms with Crippen molar-refractivity contribution in [3.63, 3.8) is 0 Å². The van der Waals surface area contributed by atoms with Gasteiger partial charge in [0.2, 0.25) is 15.9 Å². The molecule has 0 unspecified atom stereocenters. The van der Waals surface area contributed by atoms with E-state index in [-0.39, 0.29) is 21.2 Å². The van der Waals surface area contributed by atoms with Crippen LogP contribution in [0.15, 0.2) is 35.2 Å². The van der Waals surface area contributed by atoms with E-state index in [2.05, 4.69) is 24.2 Å². The molecule has 1 aliphatic rings. The maximum Gasteiger partial charge on any atom is 0.509 e. The molecule has 2 amide bonds. The van der Waals surface area contributed by atoms with Crippen LogP contribution in [0.4, 0.5) is 19.3 Å². The molecule has 1 aliphatic heterocycles. The van der Waals surface area contributed by atoms with E-state index in [1.165, 1.54) is 36.1 Å². The maximum absolute atomic E-state index is 14.2. The topological polar surface area (TPSA) is 157 Å². The first-order valence-electron chi connectivity index (χ1n) is 12.1. The Morgan fingerprint density at radius 2 is 1.86 bits per heavy atom. The average Bonchev–Trinajstić information content (AvgIpc) is 3.56. The number of rotatable bonds is 13. The third-order valence-corrected chi connectivity index (χ3v) is 8.71. The zero-order valence-electron chi connectivity index (χ0n) is 21.9. The zero-order chi connectivity index (χ0) is 31.1. The summed E-state index contributed by atoms with van der Waals surface area (Å²) in [6.07, 6.45) is -0.576. The molecule has 1 atom stereocenters. The number of sulfonamides is 1. The molecule has 0 spiro atoms. The number of nitrogens with one attached hydrogen (secondary N) is 2. The number of benzene rings is 1. The normalized spacial score (nSPS) is 14.4. The van der Waals surface area contributed by atoms with Crippen LogP contribution < -0.4 is 14.9 Å². The van der Waals surface area contributed by atoms with Crippen LogP contribution in [0.3, 0.4) is 0 Å². The van der Waals surface area contributed by atoms with Crippen molar-refractivity contribution < 1.29 is 50.6 Å². The fraction of sp³-hybridized carbons (Fsp3) is 0.417. The number of carbonyl (C=O) groups excluding carboxylic acids is 4. The first kappa shape index (κ1) is 33.5. The van der Waals surface area contributed by atoms with Gasteiger partial charge in [-0.15, -0.1) is 11.3 Å². The van der Waals surface area contributed by atoms with Crippen molar-refractivity contribution in [1.29, 1.82) is 0 Å². The first-order valence-corrected chi connectivity index (χ1v) is 15.3. The number of halogens is 4. The monoisotopic (exact) mass is 671 g/mol. The van der Waals surface area contributed by atoms with E-state index in [1.54, 1.807) is 6.07 Å². The fourth-order valence-corrected chi connectivity index (χ4v) is 6.30. The quantitative estimate of drug-likeness (QED) is 0.240. The van der Waals surface area contributed by atoms with Crippen molar-refractivity contribution in [2.45, 2.75) is 36.6 Å². The lowest BCUT2D eigenvalue weighted by molar-refractivity contribution is -0.162. The van der Waals surface area contributed by atoms with Crippen LogP contribution in [0.2, 0.25) is 4.34 Å². The maximum atomic E-state index is 14.2. The van der Waals surface area contributed by atoms with Gasteiger partial charge in [-0.1, -0.05) is 29.3 Å². The summed E-state index contributed by atoms with van der Waals surface area (Å²) in [5.74, 6) is -6.24. The van der Waals surface area contributed by atoms with Gasteiger partial charge in [0.1, 0.15) is 6.04 Å². The summed E-state index contributed by atoms with van der Waals surface area (Å²) >= 11 is 11.9. The molecule has 2 aromatic rings. The second kappa shape index (κ2) is 14.4. The van der Waals surface area contributed by atoms with Crippen molar-refractivity contribution in [3.05, 3.63) is 45.1 Å². The second-order valence-corrected chi connectivity index (χ2v) is 12.4. The van der Waals surface area contributed by atoms with Crippen LogP contribution in [0, 0.1) is 6.92 Å². The van der Waals surface area contributed by atoms with Gasteiger partial charge in [0.15, 0.2) is 19.3 Å². The summed E-state index contributed by atoms with van der Waals surface area (Å²) in [4.78, 5) is 50.0. The molecule has 1 fully saturated rings. The third-order valence-electron chi connectivity index (χ3n) is 5.75. The Hall–Kier alpha value is -3.05. The number of hydrogen-bond acceptors (Lipinski definition) is 10. The molecule has 42 heavy (non-hydrogen) atoms. The molecule has 0 bridgehead atoms. The smallest absolute Gasteiger partial charge is 0.458 e. The van der Waals surface area contributed by atoms with Crippen LogP contribution in [-0.4, -0.2) is 76.7 Å². The second-order valence-electron chi connectivity index (χ2n) is 8.79. The molecule has 230 valence electrons. The predicted octanol–water partition coefficient (Wildman–Crippen LogP) is 3.44. The van der Waals surface area contributed by atoms with E-state index in [1.807, 2.05) is 0 Å². The highest BCUT2D eigenvalue weighted by Gasteiger charge is 2.36. The van der Waals surface area contributed by atoms with Gasteiger partial charge >= 0.3 is 18.0 Å². The van der Waals surface area contributed by atoms with Crippen LogP contribution in [0.5, 0.6) is 0 Å². The number of hydrogen-bond donors (Lipinski definition) is 2. The minimum atomic E-state index is -4.54. The van der Waals surface area contributed by atoms with Crippen molar-refractivity contribution in [2.75, 3.05) is 37.3 Å². The lowest BCUT2D eigenvalue weighted by Gasteiger charge is -2.23. The number of ether oxygens (including phenoxy) is 3. The molecule has 2 heterocycles. The van der Waals surface area contributed by atoms with Crippen molar-refractivity contribution in [1.82, 2.24) is 10.0 Å². The molecule has 12 nitrogen and oxygen atoms in total. The van der Waals surface area contributed by atoms with E-state index in [9.17, 15) is 36.4 Å². The third kappa shape index (κ3) is 8.97. The number of amides is 2. The zero-order valence-corrected chi connectivity index (χ0v) is 25.0. The van der Waals surface area contributed by atoms with E-state index < -0.39 is 65.8 Å². The summed E-state index contributed by atoms with van der Waals surface area (Å²) < 4.78 is 70.5. The molecule has 2 N–H and O–H groups in total. The summed E-state index contributed by atoms with van der Waals surface area (Å²) in [7, 11) is -4.54. The lowest BCUT2D eigenvalue weighted by atomic mass is 10.2. The van der Waals surface area contributed by atoms with Crippen LogP contribution in [0.25, 0.3) is 0 Å². The van der Waals surface area contributed by atoms with Crippen molar-refractivity contribution >= 4 is 74.2 Å². The highest BCUT2D eigenvalue weighted by Crippen LogP contribution is 2.29. The molecule has 0 saturated carbocycles. The number of nitrogens with zero attached hydrogens (tertiary/aromatic N) is 1. The van der Waals surface area contributed by atoms with Gasteiger partial charge in [-0.05, 0) is 43.2 Å². The summed E-state index contributed by atoms with van der Waals surface area (Å²) in [5.41, 5.74) is 0.562. The standard InChI is InChI=1S/C24H25Cl2F2N3O9S2/c1-14-16(31-9-3-6-20(31)32)4-2-5-18(14)42(36,37)30-15(10-29-21(33)17-7-8-19(26)41-17)22(34)38-11-24(27,28)12-39-23(35)40-13-25/h2,4-5,7-8,15,30H,3,6,9-13H2,1H3,(H,29,33)/t15-/m0/s1. The van der Waals surface area contributed by atoms with Gasteiger partial charge in [-0.2, -0.15) is 13.5 Å². The first-order chi connectivity index (χ1) is 19.7. The molecule has 1 aromatic carbocycles. The molecule has 1 saturated heterocycles. The number of thiophene rings is 1. The molecule has 1 aromatic heterocycles. The Bertz CT molecular complexity index is 1440. The summed E-state index contributed by atoms with van der Waals surface area (Å²) in [6, 6.07) is 4.55. The SMILES string of the molecule is Cc1c(N2CCCC2=O)cccc1S(=O)(=O)N[C@@H](CNC(=O)c1ccc(Cl)s1)C(=O)OCC(F)(F)COC(=O)OCCl. The van der Waals surface area contributed by atoms with Gasteiger partial charge in [0, 0.05) is 25.2 Å². The minimum absolute atomic E-state index is 0.140. The number of alkyl halides is 3. The molecular formula is C24H25Cl2F2N3O9S2. The van der Waals surface area contributed by atoms with Gasteiger partial charge in [0.05, 0.1) is 14.1 Å². The summed E-state index contributed by atoms with van der Waals surface area (Å²) in [5, 5.41) is 2.34. The minimum Gasteiger partial charge on any atom is -0.458 e. The molecular weight excluding hydrogens is 647 g/mol. The molecule has 3 rings (SSSR count). The number of carbonyl (C=O) groups is 4. The molecule has 18 heteroatoms. The number of esters is 1. The van der Waals surface area contributed by atoms with Crippen LogP contribution >= 0.6 is 34.5 Å². The Kier molecular flexibility index (Phi) is 11.5. The Balaban J connectivity index is 1.79. The van der Waals surface area contributed by atoms with Gasteiger partial charge in [0.25, 0.3) is 5.91 Å².